The van der Waals surface area contributed by atoms with Crippen LogP contribution in [0.1, 0.15) is 16.7 Å². The highest BCUT2D eigenvalue weighted by atomic mass is 16.5. The van der Waals surface area contributed by atoms with Gasteiger partial charge in [0.25, 0.3) is 0 Å². The summed E-state index contributed by atoms with van der Waals surface area (Å²) in [5.41, 5.74) is 3.43. The Kier molecular flexibility index (Phi) is 5.43. The molecule has 0 radical (unpaired) electrons. The van der Waals surface area contributed by atoms with Crippen LogP contribution in [0.4, 0.5) is 5.69 Å². The van der Waals surface area contributed by atoms with E-state index in [0.29, 0.717) is 11.4 Å². The van der Waals surface area contributed by atoms with Crippen LogP contribution in [-0.2, 0) is 11.2 Å². The van der Waals surface area contributed by atoms with Gasteiger partial charge in [-0.3, -0.25) is 4.79 Å². The van der Waals surface area contributed by atoms with Crippen LogP contribution in [0.25, 0.3) is 0 Å². The minimum absolute atomic E-state index is 0.0228. The number of hydrogen-bond donors (Lipinski definition) is 2. The second-order valence-corrected chi connectivity index (χ2v) is 5.70. The van der Waals surface area contributed by atoms with Crippen LogP contribution in [-0.4, -0.2) is 18.1 Å². The van der Waals surface area contributed by atoms with Crippen LogP contribution >= 0.6 is 0 Å². The fourth-order valence-corrected chi connectivity index (χ4v) is 2.37. The number of nitrogens with zero attached hydrogens (tertiary/aromatic N) is 1. The maximum absolute atomic E-state index is 12.4. The Morgan fingerprint density at radius 1 is 1.29 bits per heavy atom. The molecular formula is C19H20N2O3. The number of aromatic hydroxyl groups is 1. The molecule has 2 aromatic carbocycles. The smallest absolute Gasteiger partial charge is 0.242 e. The second kappa shape index (κ2) is 7.51. The van der Waals surface area contributed by atoms with Gasteiger partial charge < -0.3 is 15.2 Å². The molecule has 0 aliphatic heterocycles. The number of nitrogens with one attached hydrogen (secondary N) is 1. The SMILES string of the molecule is COc1cc(CC(C#N)C(=O)Nc2cc(C)ccc2C)ccc1O. The molecular weight excluding hydrogens is 304 g/mol. The summed E-state index contributed by atoms with van der Waals surface area (Å²) in [7, 11) is 1.45. The molecule has 0 fully saturated rings. The number of carbonyl (C=O) groups is 1. The summed E-state index contributed by atoms with van der Waals surface area (Å²) >= 11 is 0. The van der Waals surface area contributed by atoms with Gasteiger partial charge in [0.1, 0.15) is 5.92 Å². The van der Waals surface area contributed by atoms with Crippen molar-refractivity contribution in [2.45, 2.75) is 20.3 Å². The van der Waals surface area contributed by atoms with Crippen LogP contribution in [0.2, 0.25) is 0 Å². The zero-order valence-corrected chi connectivity index (χ0v) is 14.0. The predicted molar refractivity (Wildman–Crippen MR) is 92.0 cm³/mol. The maximum Gasteiger partial charge on any atom is 0.242 e. The first-order valence-corrected chi connectivity index (χ1v) is 7.58. The third-order valence-electron chi connectivity index (χ3n) is 3.81. The summed E-state index contributed by atoms with van der Waals surface area (Å²) in [4.78, 5) is 12.4. The summed E-state index contributed by atoms with van der Waals surface area (Å²) in [5.74, 6) is -0.842. The van der Waals surface area contributed by atoms with Crippen molar-refractivity contribution in [2.24, 2.45) is 5.92 Å². The standard InChI is InChI=1S/C19H20N2O3/c1-12-4-5-13(2)16(8-12)21-19(23)15(11-20)9-14-6-7-17(22)18(10-14)24-3/h4-8,10,15,22H,9H2,1-3H3,(H,21,23). The first kappa shape index (κ1) is 17.4. The number of carbonyl (C=O) groups excluding carboxylic acids is 1. The lowest BCUT2D eigenvalue weighted by molar-refractivity contribution is -0.118. The molecule has 5 nitrogen and oxygen atoms in total. The number of phenolic OH excluding ortho intramolecular Hbond substituents is 1. The van der Waals surface area contributed by atoms with E-state index in [0.717, 1.165) is 16.7 Å². The van der Waals surface area contributed by atoms with Gasteiger partial charge in [-0.2, -0.15) is 5.26 Å². The quantitative estimate of drug-likeness (QED) is 0.883. The number of ether oxygens (including phenoxy) is 1. The highest BCUT2D eigenvalue weighted by Crippen LogP contribution is 2.27. The largest absolute Gasteiger partial charge is 0.504 e. The van der Waals surface area contributed by atoms with Crippen molar-refractivity contribution in [3.8, 4) is 17.6 Å². The predicted octanol–water partition coefficient (Wildman–Crippen LogP) is 3.34. The Hall–Kier alpha value is -3.00. The average molecular weight is 324 g/mol. The van der Waals surface area contributed by atoms with Crippen LogP contribution in [0.15, 0.2) is 36.4 Å². The van der Waals surface area contributed by atoms with Crippen LogP contribution in [0.3, 0.4) is 0 Å². The van der Waals surface area contributed by atoms with Gasteiger partial charge in [-0.1, -0.05) is 18.2 Å². The number of benzene rings is 2. The Morgan fingerprint density at radius 2 is 2.04 bits per heavy atom. The number of methoxy groups -OCH3 is 1. The monoisotopic (exact) mass is 324 g/mol. The van der Waals surface area contributed by atoms with Gasteiger partial charge >= 0.3 is 0 Å². The van der Waals surface area contributed by atoms with Crippen molar-refractivity contribution < 1.29 is 14.6 Å². The molecule has 0 aliphatic carbocycles. The normalized spacial score (nSPS) is 11.4. The summed E-state index contributed by atoms with van der Waals surface area (Å²) in [6, 6.07) is 12.6. The first-order valence-electron chi connectivity index (χ1n) is 7.58. The van der Waals surface area contributed by atoms with Gasteiger partial charge in [-0.05, 0) is 55.2 Å². The summed E-state index contributed by atoms with van der Waals surface area (Å²) < 4.78 is 5.05. The lowest BCUT2D eigenvalue weighted by Gasteiger charge is -2.13. The van der Waals surface area contributed by atoms with Crippen molar-refractivity contribution >= 4 is 11.6 Å². The highest BCUT2D eigenvalue weighted by Gasteiger charge is 2.20. The van der Waals surface area contributed by atoms with Crippen molar-refractivity contribution in [1.29, 1.82) is 5.26 Å². The molecule has 24 heavy (non-hydrogen) atoms. The maximum atomic E-state index is 12.4. The van der Waals surface area contributed by atoms with Crippen LogP contribution < -0.4 is 10.1 Å². The molecule has 0 heterocycles. The Balaban J connectivity index is 2.15. The van der Waals surface area contributed by atoms with E-state index in [1.165, 1.54) is 13.2 Å². The third kappa shape index (κ3) is 4.05. The second-order valence-electron chi connectivity index (χ2n) is 5.70. The van der Waals surface area contributed by atoms with Crippen molar-refractivity contribution in [2.75, 3.05) is 12.4 Å². The van der Waals surface area contributed by atoms with Gasteiger partial charge in [0, 0.05) is 5.69 Å². The molecule has 0 saturated heterocycles. The number of phenols is 1. The summed E-state index contributed by atoms with van der Waals surface area (Å²) in [6.45, 7) is 3.85. The van der Waals surface area contributed by atoms with E-state index in [9.17, 15) is 15.2 Å². The minimum atomic E-state index is -0.834. The van der Waals surface area contributed by atoms with E-state index >= 15 is 0 Å². The molecule has 2 aromatic rings. The van der Waals surface area contributed by atoms with Crippen molar-refractivity contribution in [1.82, 2.24) is 0 Å². The molecule has 2 rings (SSSR count). The molecule has 5 heteroatoms. The van der Waals surface area contributed by atoms with E-state index in [2.05, 4.69) is 5.32 Å². The number of rotatable bonds is 5. The Bertz CT molecular complexity index is 794. The Morgan fingerprint density at radius 3 is 2.71 bits per heavy atom. The van der Waals surface area contributed by atoms with Gasteiger partial charge in [-0.25, -0.2) is 0 Å². The topological polar surface area (TPSA) is 82.3 Å². The van der Waals surface area contributed by atoms with Crippen molar-refractivity contribution in [3.63, 3.8) is 0 Å². The van der Waals surface area contributed by atoms with E-state index < -0.39 is 5.92 Å². The van der Waals surface area contributed by atoms with E-state index in [1.807, 2.05) is 38.1 Å². The fourth-order valence-electron chi connectivity index (χ4n) is 2.37. The summed E-state index contributed by atoms with van der Waals surface area (Å²) in [5, 5.41) is 21.8. The fraction of sp³-hybridized carbons (Fsp3) is 0.263. The van der Waals surface area contributed by atoms with E-state index in [-0.39, 0.29) is 18.1 Å². The zero-order valence-electron chi connectivity index (χ0n) is 14.0. The zero-order chi connectivity index (χ0) is 17.7. The minimum Gasteiger partial charge on any atom is -0.504 e. The highest BCUT2D eigenvalue weighted by molar-refractivity contribution is 5.95. The number of nitriles is 1. The van der Waals surface area contributed by atoms with Gasteiger partial charge in [0.05, 0.1) is 13.2 Å². The van der Waals surface area contributed by atoms with Crippen LogP contribution in [0.5, 0.6) is 11.5 Å². The molecule has 2 N–H and O–H groups in total. The number of aryl methyl sites for hydroxylation is 2. The third-order valence-corrected chi connectivity index (χ3v) is 3.81. The first-order chi connectivity index (χ1) is 11.4. The molecule has 0 aliphatic rings. The molecule has 1 atom stereocenters. The number of hydrogen-bond acceptors (Lipinski definition) is 4. The summed E-state index contributed by atoms with van der Waals surface area (Å²) in [6.07, 6.45) is 0.240. The molecule has 1 unspecified atom stereocenters. The molecule has 0 bridgehead atoms. The lowest BCUT2D eigenvalue weighted by atomic mass is 9.99. The van der Waals surface area contributed by atoms with Gasteiger partial charge in [-0.15, -0.1) is 0 Å². The number of anilines is 1. The molecule has 0 spiro atoms. The molecule has 0 saturated carbocycles. The Labute approximate surface area is 141 Å². The molecule has 1 amide bonds. The van der Waals surface area contributed by atoms with E-state index in [4.69, 9.17) is 4.74 Å². The van der Waals surface area contributed by atoms with Gasteiger partial charge in [0.2, 0.25) is 5.91 Å². The van der Waals surface area contributed by atoms with Crippen LogP contribution in [0, 0.1) is 31.1 Å². The number of amides is 1. The molecule has 0 aromatic heterocycles. The van der Waals surface area contributed by atoms with Gasteiger partial charge in [0.15, 0.2) is 11.5 Å². The van der Waals surface area contributed by atoms with E-state index in [1.54, 1.807) is 12.1 Å². The average Bonchev–Trinajstić information content (AvgIpc) is 2.57. The van der Waals surface area contributed by atoms with Crippen molar-refractivity contribution in [3.05, 3.63) is 53.1 Å². The molecule has 124 valence electrons. The lowest BCUT2D eigenvalue weighted by Crippen LogP contribution is -2.24.